The highest BCUT2D eigenvalue weighted by molar-refractivity contribution is 6.35. The van der Waals surface area contributed by atoms with Gasteiger partial charge in [0.25, 0.3) is 5.78 Å². The lowest BCUT2D eigenvalue weighted by atomic mass is 9.98. The fourth-order valence-electron chi connectivity index (χ4n) is 7.52. The molecule has 0 unspecified atom stereocenters. The van der Waals surface area contributed by atoms with E-state index in [-0.39, 0.29) is 31.7 Å². The number of ketones is 1. The van der Waals surface area contributed by atoms with E-state index in [9.17, 15) is 9.59 Å². The molecule has 1 aliphatic carbocycles. The number of carbonyl (C=O) groups is 2. The number of ether oxygens (including phenoxy) is 4. The minimum absolute atomic E-state index is 0.0408. The van der Waals surface area contributed by atoms with Gasteiger partial charge >= 0.3 is 5.97 Å². The van der Waals surface area contributed by atoms with E-state index in [1.165, 1.54) is 0 Å². The third kappa shape index (κ3) is 24.9. The molecule has 0 heterocycles. The molecule has 6 rings (SSSR count). The van der Waals surface area contributed by atoms with Crippen molar-refractivity contribution in [3.05, 3.63) is 125 Å². The Morgan fingerprint density at radius 1 is 0.429 bits per heavy atom. The van der Waals surface area contributed by atoms with Crippen molar-refractivity contribution >= 4 is 22.5 Å². The zero-order chi connectivity index (χ0) is 64.0. The Bertz CT molecular complexity index is 4960. The largest absolute Gasteiger partial charge is 0.489 e. The fraction of sp³-hybridized carbons (Fsp3) is 0.108. The van der Waals surface area contributed by atoms with E-state index < -0.39 is 17.8 Å². The van der Waals surface area contributed by atoms with Gasteiger partial charge in [-0.3, -0.25) is 9.63 Å². The Labute approximate surface area is 532 Å². The lowest BCUT2D eigenvalue weighted by molar-refractivity contribution is -0.157. The molecule has 0 spiro atoms. The van der Waals surface area contributed by atoms with Crippen LogP contribution in [-0.4, -0.2) is 24.4 Å². The Balaban J connectivity index is 1.05. The van der Waals surface area contributed by atoms with Crippen LogP contribution >= 0.6 is 0 Å². The number of esters is 1. The number of benzene rings is 5. The summed E-state index contributed by atoms with van der Waals surface area (Å²) in [5.41, 5.74) is 8.64. The number of terminal acetylenes is 2. The van der Waals surface area contributed by atoms with Gasteiger partial charge in [-0.25, -0.2) is 4.79 Å². The molecule has 91 heavy (non-hydrogen) atoms. The van der Waals surface area contributed by atoms with Gasteiger partial charge in [0.05, 0.1) is 6.61 Å². The first-order valence-corrected chi connectivity index (χ1v) is 26.6. The van der Waals surface area contributed by atoms with E-state index in [2.05, 4.69) is 267 Å². The maximum atomic E-state index is 13.5. The highest BCUT2D eigenvalue weighted by Gasteiger charge is 2.32. The SMILES string of the molecule is C#CC#CC#CC#CC#CC#CC#CC#CC#CC#CC#COc1cc(COc2ccc3cc(CON[C@@H](CC(C)C)C(=O)C(=O)OCC4c5ccccc5-c5ccccc54)ccc3c2)cc(OC#CC#CC#CC#CC#CC#CC#CC#CC#CC#CC#C)c1. The average molecular weight is 1160 g/mol. The van der Waals surface area contributed by atoms with E-state index in [4.69, 9.17) is 36.6 Å². The molecule has 5 aromatic rings. The third-order valence-electron chi connectivity index (χ3n) is 11.1. The number of fused-ring (bicyclic) bond motifs is 4. The molecule has 0 saturated heterocycles. The summed E-state index contributed by atoms with van der Waals surface area (Å²) < 4.78 is 23.3. The van der Waals surface area contributed by atoms with Gasteiger partial charge in [0, 0.05) is 154 Å². The van der Waals surface area contributed by atoms with Gasteiger partial charge in [0.15, 0.2) is 0 Å². The van der Waals surface area contributed by atoms with Gasteiger partial charge in [-0.1, -0.05) is 80.6 Å². The molecule has 8 nitrogen and oxygen atoms in total. The van der Waals surface area contributed by atoms with Gasteiger partial charge in [0.2, 0.25) is 0 Å². The lowest BCUT2D eigenvalue weighted by Crippen LogP contribution is -2.42. The fourth-order valence-corrected chi connectivity index (χ4v) is 7.52. The van der Waals surface area contributed by atoms with Crippen LogP contribution in [0.15, 0.2) is 103 Å². The number of hydrogen-bond donors (Lipinski definition) is 1. The van der Waals surface area contributed by atoms with Crippen LogP contribution in [0.1, 0.15) is 48.4 Å². The van der Waals surface area contributed by atoms with E-state index in [0.717, 1.165) is 38.6 Å². The lowest BCUT2D eigenvalue weighted by Gasteiger charge is -2.19. The van der Waals surface area contributed by atoms with Crippen LogP contribution < -0.4 is 19.7 Å². The monoisotopic (exact) mass is 1160 g/mol. The van der Waals surface area contributed by atoms with E-state index in [1.54, 1.807) is 18.2 Å². The van der Waals surface area contributed by atoms with Crippen LogP contribution in [0.5, 0.6) is 17.2 Å². The van der Waals surface area contributed by atoms with Crippen LogP contribution in [0.2, 0.25) is 0 Å². The van der Waals surface area contributed by atoms with Gasteiger partial charge in [-0.15, -0.1) is 12.8 Å². The standard InChI is InChI=1S/C83H37NO7/c1-5-7-9-11-13-15-17-19-21-23-25-27-29-31-33-35-37-39-41-47-57-87-74-61-70(62-75(64-74)88-58-48-42-40-38-36-34-32-30-28-26-24-22-20-18-16-14-12-10-8-6-2)65-89-73-56-55-71-60-69(53-54-72(71)63-73)66-91-84-81(59-68(3)4)82(85)83(86)90-67-80-78-51-45-43-49-76(78)77-50-44-46-52-79(77)80/h1-2,43-46,49-56,60-64,68,80-81,84H,59,65-67H2,3-4H3/t81-/m0/s1. The van der Waals surface area contributed by atoms with E-state index in [1.807, 2.05) is 86.6 Å². The van der Waals surface area contributed by atoms with Crippen molar-refractivity contribution in [1.82, 2.24) is 5.48 Å². The summed E-state index contributed by atoms with van der Waals surface area (Å²) in [6.07, 6.45) is 15.4. The highest BCUT2D eigenvalue weighted by atomic mass is 16.6. The molecule has 1 N–H and O–H groups in total. The third-order valence-corrected chi connectivity index (χ3v) is 11.1. The summed E-state index contributed by atoms with van der Waals surface area (Å²) in [4.78, 5) is 32.7. The number of hydroxylamine groups is 1. The zero-order valence-corrected chi connectivity index (χ0v) is 48.4. The Kier molecular flexibility index (Phi) is 28.4. The molecule has 0 saturated carbocycles. The smallest absolute Gasteiger partial charge is 0.376 e. The number of carbonyl (C=O) groups excluding carboxylic acids is 2. The number of Topliss-reactive ketones (excluding diaryl/α,β-unsaturated/α-hetero) is 1. The molecule has 1 atom stereocenters. The Hall–Kier alpha value is -14.9. The maximum absolute atomic E-state index is 13.5. The minimum Gasteiger partial charge on any atom is -0.489 e. The van der Waals surface area contributed by atoms with Crippen molar-refractivity contribution in [2.45, 2.75) is 45.4 Å². The molecular weight excluding hydrogens is 1120 g/mol. The number of nitrogens with one attached hydrogen (secondary N) is 1. The second-order valence-corrected chi connectivity index (χ2v) is 17.7. The van der Waals surface area contributed by atoms with Crippen LogP contribution in [-0.2, 0) is 32.4 Å². The van der Waals surface area contributed by atoms with E-state index >= 15 is 0 Å². The van der Waals surface area contributed by atoms with Crippen molar-refractivity contribution in [2.24, 2.45) is 5.92 Å². The molecule has 1 aliphatic rings. The maximum Gasteiger partial charge on any atom is 0.376 e. The predicted octanol–water partition coefficient (Wildman–Crippen LogP) is 7.79. The normalized spacial score (nSPS) is 8.67. The molecular formula is C83H37NO7. The summed E-state index contributed by atoms with van der Waals surface area (Å²) in [6.45, 7) is 4.19. The number of rotatable bonds is 15. The highest BCUT2D eigenvalue weighted by Crippen LogP contribution is 2.44. The molecule has 0 amide bonds. The average Bonchev–Trinajstić information content (AvgIpc) is 1.64. The van der Waals surface area contributed by atoms with Gasteiger partial charge in [0.1, 0.15) is 48.7 Å². The second-order valence-electron chi connectivity index (χ2n) is 17.7. The second kappa shape index (κ2) is 39.6. The quantitative estimate of drug-likeness (QED) is 0.0493. The molecule has 8 heteroatoms. The molecule has 0 bridgehead atoms. The molecule has 0 aromatic heterocycles. The first-order chi connectivity index (χ1) is 44.8. The van der Waals surface area contributed by atoms with Crippen molar-refractivity contribution < 1.29 is 33.4 Å². The first-order valence-electron chi connectivity index (χ1n) is 26.6. The van der Waals surface area contributed by atoms with Gasteiger partial charge in [-0.2, -0.15) is 5.48 Å². The van der Waals surface area contributed by atoms with Gasteiger partial charge < -0.3 is 18.9 Å². The van der Waals surface area contributed by atoms with Crippen LogP contribution in [0.25, 0.3) is 21.9 Å². The van der Waals surface area contributed by atoms with Crippen LogP contribution in [0.4, 0.5) is 0 Å². The summed E-state index contributed by atoms with van der Waals surface area (Å²) in [5.74, 6) is 99.1. The Morgan fingerprint density at radius 2 is 0.824 bits per heavy atom. The van der Waals surface area contributed by atoms with Crippen molar-refractivity contribution in [2.75, 3.05) is 6.61 Å². The predicted molar refractivity (Wildman–Crippen MR) is 350 cm³/mol. The van der Waals surface area contributed by atoms with Gasteiger partial charge in [-0.05, 0) is 182 Å². The van der Waals surface area contributed by atoms with Crippen molar-refractivity contribution in [1.29, 1.82) is 0 Å². The molecule has 416 valence electrons. The van der Waals surface area contributed by atoms with Crippen molar-refractivity contribution in [3.8, 4) is 290 Å². The summed E-state index contributed by atoms with van der Waals surface area (Å²) in [5, 5.41) is 1.81. The molecule has 0 aliphatic heterocycles. The molecule has 0 fully saturated rings. The summed E-state index contributed by atoms with van der Waals surface area (Å²) in [6, 6.07) is 31.6. The Morgan fingerprint density at radius 3 is 1.25 bits per heavy atom. The first kappa shape index (κ1) is 65.3. The summed E-state index contributed by atoms with van der Waals surface area (Å²) >= 11 is 0. The van der Waals surface area contributed by atoms with Crippen LogP contribution in [0, 0.1) is 268 Å². The number of hydrogen-bond acceptors (Lipinski definition) is 8. The summed E-state index contributed by atoms with van der Waals surface area (Å²) in [7, 11) is 0. The zero-order valence-electron chi connectivity index (χ0n) is 48.4. The van der Waals surface area contributed by atoms with Crippen molar-refractivity contribution in [3.63, 3.8) is 0 Å². The topological polar surface area (TPSA) is 92.3 Å². The minimum atomic E-state index is -0.912. The van der Waals surface area contributed by atoms with E-state index in [0.29, 0.717) is 29.2 Å². The molecule has 0 radical (unpaired) electrons. The van der Waals surface area contributed by atoms with Crippen LogP contribution in [0.3, 0.4) is 0 Å². The molecule has 5 aromatic carbocycles.